The number of Topliss-reactive ketones (excluding diaryl/α,β-unsaturated/α-hetero) is 1. The van der Waals surface area contributed by atoms with Crippen molar-refractivity contribution < 1.29 is 28.5 Å². The molecule has 6 heteroatoms. The fraction of sp³-hybridized carbons (Fsp3) is 0.375. The van der Waals surface area contributed by atoms with Crippen LogP contribution in [-0.2, 0) is 14.3 Å². The van der Waals surface area contributed by atoms with Gasteiger partial charge in [0.2, 0.25) is 0 Å². The van der Waals surface area contributed by atoms with E-state index in [1.165, 1.54) is 26.4 Å². The number of esters is 1. The maximum atomic E-state index is 12.0. The van der Waals surface area contributed by atoms with Crippen LogP contribution in [0.4, 0.5) is 0 Å². The van der Waals surface area contributed by atoms with Crippen molar-refractivity contribution in [2.24, 2.45) is 0 Å². The molecule has 0 aliphatic heterocycles. The van der Waals surface area contributed by atoms with Gasteiger partial charge in [-0.15, -0.1) is 6.58 Å². The second-order valence-corrected chi connectivity index (χ2v) is 4.36. The third kappa shape index (κ3) is 4.89. The van der Waals surface area contributed by atoms with Crippen LogP contribution in [-0.4, -0.2) is 45.3 Å². The van der Waals surface area contributed by atoms with E-state index in [1.54, 1.807) is 19.1 Å². The molecule has 22 heavy (non-hydrogen) atoms. The molecule has 0 heterocycles. The van der Waals surface area contributed by atoms with E-state index in [1.807, 2.05) is 0 Å². The lowest BCUT2D eigenvalue weighted by Crippen LogP contribution is -2.26. The van der Waals surface area contributed by atoms with Crippen LogP contribution in [0.3, 0.4) is 0 Å². The Hall–Kier alpha value is -2.34. The molecule has 0 bridgehead atoms. The third-order valence-corrected chi connectivity index (χ3v) is 2.85. The molecule has 0 radical (unpaired) electrons. The van der Waals surface area contributed by atoms with Crippen molar-refractivity contribution in [2.45, 2.75) is 13.0 Å². The molecule has 120 valence electrons. The molecule has 0 aliphatic rings. The lowest BCUT2D eigenvalue weighted by Gasteiger charge is -2.12. The molecule has 0 saturated heterocycles. The highest BCUT2D eigenvalue weighted by molar-refractivity contribution is 5.98. The van der Waals surface area contributed by atoms with Gasteiger partial charge in [-0.25, -0.2) is 4.79 Å². The number of rotatable bonds is 9. The zero-order chi connectivity index (χ0) is 16.5. The summed E-state index contributed by atoms with van der Waals surface area (Å²) in [6.45, 7) is 4.90. The molecule has 0 aromatic heterocycles. The van der Waals surface area contributed by atoms with Crippen molar-refractivity contribution >= 4 is 11.8 Å². The van der Waals surface area contributed by atoms with Gasteiger partial charge in [0.05, 0.1) is 20.8 Å². The summed E-state index contributed by atoms with van der Waals surface area (Å²) in [5.74, 6) is 0.00533. The number of carbonyl (C=O) groups excluding carboxylic acids is 2. The number of ether oxygens (including phenoxy) is 4. The van der Waals surface area contributed by atoms with E-state index in [0.717, 1.165) is 0 Å². The fourth-order valence-electron chi connectivity index (χ4n) is 1.63. The van der Waals surface area contributed by atoms with Gasteiger partial charge >= 0.3 is 5.97 Å². The van der Waals surface area contributed by atoms with Crippen LogP contribution >= 0.6 is 0 Å². The second-order valence-electron chi connectivity index (χ2n) is 4.36. The van der Waals surface area contributed by atoms with Crippen molar-refractivity contribution in [1.29, 1.82) is 0 Å². The van der Waals surface area contributed by atoms with Crippen LogP contribution in [0.2, 0.25) is 0 Å². The number of ketones is 1. The summed E-state index contributed by atoms with van der Waals surface area (Å²) in [7, 11) is 2.98. The smallest absolute Gasteiger partial charge is 0.335 e. The van der Waals surface area contributed by atoms with Gasteiger partial charge < -0.3 is 18.9 Å². The highest BCUT2D eigenvalue weighted by Crippen LogP contribution is 2.27. The maximum absolute atomic E-state index is 12.0. The first-order valence-corrected chi connectivity index (χ1v) is 6.67. The van der Waals surface area contributed by atoms with Crippen molar-refractivity contribution in [1.82, 2.24) is 0 Å². The Morgan fingerprint density at radius 3 is 2.50 bits per heavy atom. The summed E-state index contributed by atoms with van der Waals surface area (Å²) in [4.78, 5) is 23.7. The quantitative estimate of drug-likeness (QED) is 0.395. The van der Waals surface area contributed by atoms with Crippen molar-refractivity contribution in [3.8, 4) is 11.5 Å². The Balaban J connectivity index is 2.62. The maximum Gasteiger partial charge on any atom is 0.335 e. The average molecular weight is 308 g/mol. The Morgan fingerprint density at radius 1 is 1.23 bits per heavy atom. The Morgan fingerprint density at radius 2 is 1.91 bits per heavy atom. The lowest BCUT2D eigenvalue weighted by molar-refractivity contribution is -0.154. The largest absolute Gasteiger partial charge is 0.493 e. The zero-order valence-electron chi connectivity index (χ0n) is 13.0. The van der Waals surface area contributed by atoms with Crippen LogP contribution in [0.25, 0.3) is 0 Å². The van der Waals surface area contributed by atoms with Gasteiger partial charge in [-0.1, -0.05) is 6.08 Å². The summed E-state index contributed by atoms with van der Waals surface area (Å²) >= 11 is 0. The highest BCUT2D eigenvalue weighted by Gasteiger charge is 2.17. The Kier molecular flexibility index (Phi) is 7.12. The van der Waals surface area contributed by atoms with Crippen molar-refractivity contribution in [3.05, 3.63) is 36.4 Å². The summed E-state index contributed by atoms with van der Waals surface area (Å²) in [6.07, 6.45) is 0.773. The average Bonchev–Trinajstić information content (AvgIpc) is 2.56. The molecule has 1 unspecified atom stereocenters. The normalized spacial score (nSPS) is 11.4. The Labute approximate surface area is 129 Å². The third-order valence-electron chi connectivity index (χ3n) is 2.85. The lowest BCUT2D eigenvalue weighted by atomic mass is 10.1. The van der Waals surface area contributed by atoms with E-state index in [-0.39, 0.29) is 19.0 Å². The molecule has 0 amide bonds. The molecule has 1 atom stereocenters. The molecule has 0 aliphatic carbocycles. The molecular weight excluding hydrogens is 288 g/mol. The number of carbonyl (C=O) groups is 2. The minimum atomic E-state index is -0.754. The molecule has 1 aromatic carbocycles. The Bertz CT molecular complexity index is 537. The number of hydrogen-bond donors (Lipinski definition) is 0. The van der Waals surface area contributed by atoms with E-state index in [0.29, 0.717) is 17.1 Å². The van der Waals surface area contributed by atoms with Crippen LogP contribution in [0.1, 0.15) is 17.3 Å². The second kappa shape index (κ2) is 8.84. The van der Waals surface area contributed by atoms with Crippen molar-refractivity contribution in [2.75, 3.05) is 27.4 Å². The zero-order valence-corrected chi connectivity index (χ0v) is 13.0. The van der Waals surface area contributed by atoms with Crippen LogP contribution < -0.4 is 9.47 Å². The summed E-state index contributed by atoms with van der Waals surface area (Å²) in [6, 6.07) is 4.73. The summed E-state index contributed by atoms with van der Waals surface area (Å²) in [5.41, 5.74) is 0.366. The predicted octanol–water partition coefficient (Wildman–Crippen LogP) is 2.02. The van der Waals surface area contributed by atoms with Crippen LogP contribution in [0.5, 0.6) is 11.5 Å². The fourth-order valence-corrected chi connectivity index (χ4v) is 1.63. The van der Waals surface area contributed by atoms with E-state index < -0.39 is 12.1 Å². The van der Waals surface area contributed by atoms with Gasteiger partial charge in [0, 0.05) is 5.56 Å². The van der Waals surface area contributed by atoms with Crippen molar-refractivity contribution in [3.63, 3.8) is 0 Å². The van der Waals surface area contributed by atoms with E-state index >= 15 is 0 Å². The summed E-state index contributed by atoms with van der Waals surface area (Å²) < 4.78 is 20.3. The van der Waals surface area contributed by atoms with E-state index in [9.17, 15) is 9.59 Å². The van der Waals surface area contributed by atoms with Gasteiger partial charge in [-0.2, -0.15) is 0 Å². The van der Waals surface area contributed by atoms with Crippen LogP contribution in [0.15, 0.2) is 30.9 Å². The number of hydrogen-bond acceptors (Lipinski definition) is 6. The highest BCUT2D eigenvalue weighted by atomic mass is 16.6. The standard InChI is InChI=1S/C16H20O6/c1-5-8-21-11(2)16(18)22-10-13(17)12-6-7-14(19-3)15(9-12)20-4/h5-7,9,11H,1,8,10H2,2-4H3. The first kappa shape index (κ1) is 17.7. The van der Waals surface area contributed by atoms with Gasteiger partial charge in [0.15, 0.2) is 30.0 Å². The molecule has 1 rings (SSSR count). The minimum Gasteiger partial charge on any atom is -0.493 e. The molecule has 0 saturated carbocycles. The van der Waals surface area contributed by atoms with Gasteiger partial charge in [-0.05, 0) is 25.1 Å². The van der Waals surface area contributed by atoms with E-state index in [2.05, 4.69) is 6.58 Å². The number of methoxy groups -OCH3 is 2. The molecule has 0 spiro atoms. The molecule has 0 N–H and O–H groups in total. The van der Waals surface area contributed by atoms with Gasteiger partial charge in [-0.3, -0.25) is 4.79 Å². The SMILES string of the molecule is C=CCOC(C)C(=O)OCC(=O)c1ccc(OC)c(OC)c1. The first-order valence-electron chi connectivity index (χ1n) is 6.67. The van der Waals surface area contributed by atoms with Gasteiger partial charge in [0.25, 0.3) is 0 Å². The predicted molar refractivity (Wildman–Crippen MR) is 80.4 cm³/mol. The van der Waals surface area contributed by atoms with E-state index in [4.69, 9.17) is 18.9 Å². The monoisotopic (exact) mass is 308 g/mol. The summed E-state index contributed by atoms with van der Waals surface area (Å²) in [5, 5.41) is 0. The molecule has 1 aromatic rings. The van der Waals surface area contributed by atoms with Gasteiger partial charge in [0.1, 0.15) is 0 Å². The number of benzene rings is 1. The topological polar surface area (TPSA) is 71.1 Å². The minimum absolute atomic E-state index is 0.236. The first-order chi connectivity index (χ1) is 10.5. The molecular formula is C16H20O6. The molecule has 6 nitrogen and oxygen atoms in total. The molecule has 0 fully saturated rings. The van der Waals surface area contributed by atoms with Crippen LogP contribution in [0, 0.1) is 0 Å².